The van der Waals surface area contributed by atoms with E-state index in [2.05, 4.69) is 10.6 Å². The first-order valence-corrected chi connectivity index (χ1v) is 11.4. The molecule has 1 aromatic carbocycles. The first kappa shape index (κ1) is 22.2. The Morgan fingerprint density at radius 1 is 1.18 bits per heavy atom. The fraction of sp³-hybridized carbons (Fsp3) is 0.579. The molecule has 0 aliphatic carbocycles. The van der Waals surface area contributed by atoms with Crippen molar-refractivity contribution in [2.75, 3.05) is 44.3 Å². The zero-order chi connectivity index (χ0) is 20.9. The summed E-state index contributed by atoms with van der Waals surface area (Å²) >= 11 is 0. The topological polar surface area (TPSA) is 98.8 Å². The largest absolute Gasteiger partial charge is 0.353 e. The smallest absolute Gasteiger partial charge is 0.321 e. The number of piperazine rings is 1. The SMILES string of the molecule is CCC(C)NC(=O)CN1CCN(C(=O)Nc2cc(S(C)(=O)=O)ccc2C)CC1. The first-order chi connectivity index (χ1) is 13.1. The molecule has 2 N–H and O–H groups in total. The Kier molecular flexibility index (Phi) is 7.42. The second kappa shape index (κ2) is 9.38. The lowest BCUT2D eigenvalue weighted by Gasteiger charge is -2.34. The number of rotatable bonds is 6. The fourth-order valence-electron chi connectivity index (χ4n) is 2.90. The van der Waals surface area contributed by atoms with Crippen molar-refractivity contribution >= 4 is 27.5 Å². The van der Waals surface area contributed by atoms with Gasteiger partial charge in [0, 0.05) is 44.2 Å². The van der Waals surface area contributed by atoms with E-state index in [0.29, 0.717) is 38.4 Å². The van der Waals surface area contributed by atoms with Crippen LogP contribution in [0, 0.1) is 6.92 Å². The maximum Gasteiger partial charge on any atom is 0.321 e. The van der Waals surface area contributed by atoms with E-state index < -0.39 is 9.84 Å². The Bertz CT molecular complexity index is 817. The normalized spacial score (nSPS) is 16.5. The van der Waals surface area contributed by atoms with Gasteiger partial charge in [-0.05, 0) is 38.0 Å². The highest BCUT2D eigenvalue weighted by atomic mass is 32.2. The van der Waals surface area contributed by atoms with Crippen molar-refractivity contribution in [3.8, 4) is 0 Å². The Labute approximate surface area is 167 Å². The van der Waals surface area contributed by atoms with Crippen LogP contribution in [0.15, 0.2) is 23.1 Å². The molecule has 1 heterocycles. The quantitative estimate of drug-likeness (QED) is 0.740. The van der Waals surface area contributed by atoms with Crippen molar-refractivity contribution in [3.05, 3.63) is 23.8 Å². The number of anilines is 1. The molecule has 156 valence electrons. The minimum atomic E-state index is -3.34. The number of benzene rings is 1. The molecule has 1 unspecified atom stereocenters. The molecule has 0 radical (unpaired) electrons. The lowest BCUT2D eigenvalue weighted by molar-refractivity contribution is -0.123. The van der Waals surface area contributed by atoms with Gasteiger partial charge in [0.05, 0.1) is 11.4 Å². The van der Waals surface area contributed by atoms with E-state index in [-0.39, 0.29) is 22.9 Å². The molecule has 8 nitrogen and oxygen atoms in total. The number of sulfone groups is 1. The first-order valence-electron chi connectivity index (χ1n) is 9.48. The molecule has 1 aliphatic heterocycles. The van der Waals surface area contributed by atoms with Crippen LogP contribution in [-0.2, 0) is 14.6 Å². The summed E-state index contributed by atoms with van der Waals surface area (Å²) < 4.78 is 23.5. The van der Waals surface area contributed by atoms with Crippen LogP contribution in [-0.4, -0.2) is 75.2 Å². The highest BCUT2D eigenvalue weighted by molar-refractivity contribution is 7.90. The van der Waals surface area contributed by atoms with Crippen LogP contribution in [0.2, 0.25) is 0 Å². The summed E-state index contributed by atoms with van der Waals surface area (Å²) in [5, 5.41) is 5.75. The van der Waals surface area contributed by atoms with Crippen LogP contribution in [0.3, 0.4) is 0 Å². The molecule has 0 aromatic heterocycles. The van der Waals surface area contributed by atoms with E-state index >= 15 is 0 Å². The number of nitrogens with zero attached hydrogens (tertiary/aromatic N) is 2. The lowest BCUT2D eigenvalue weighted by Crippen LogP contribution is -2.52. The summed E-state index contributed by atoms with van der Waals surface area (Å²) in [5.41, 5.74) is 1.28. The zero-order valence-corrected chi connectivity index (χ0v) is 17.8. The third kappa shape index (κ3) is 6.20. The summed E-state index contributed by atoms with van der Waals surface area (Å²) in [4.78, 5) is 28.4. The van der Waals surface area contributed by atoms with Gasteiger partial charge >= 0.3 is 6.03 Å². The van der Waals surface area contributed by atoms with E-state index in [1.165, 1.54) is 12.1 Å². The number of hydrogen-bond donors (Lipinski definition) is 2. The van der Waals surface area contributed by atoms with Crippen molar-refractivity contribution in [2.45, 2.75) is 38.1 Å². The van der Waals surface area contributed by atoms with Crippen molar-refractivity contribution in [3.63, 3.8) is 0 Å². The van der Waals surface area contributed by atoms with Crippen molar-refractivity contribution in [1.82, 2.24) is 15.1 Å². The average Bonchev–Trinajstić information content (AvgIpc) is 2.62. The van der Waals surface area contributed by atoms with Crippen molar-refractivity contribution in [1.29, 1.82) is 0 Å². The molecule has 0 saturated carbocycles. The molecule has 3 amide bonds. The van der Waals surface area contributed by atoms with Crippen molar-refractivity contribution < 1.29 is 18.0 Å². The molecule has 1 aliphatic rings. The second-order valence-corrected chi connectivity index (χ2v) is 9.33. The molecule has 1 saturated heterocycles. The monoisotopic (exact) mass is 410 g/mol. The predicted octanol–water partition coefficient (Wildman–Crippen LogP) is 1.46. The third-order valence-corrected chi connectivity index (χ3v) is 6.04. The highest BCUT2D eigenvalue weighted by Gasteiger charge is 2.23. The molecule has 1 aromatic rings. The molecule has 1 atom stereocenters. The Balaban J connectivity index is 1.90. The molecule has 0 bridgehead atoms. The Hall–Kier alpha value is -2.13. The second-order valence-electron chi connectivity index (χ2n) is 7.32. The Morgan fingerprint density at radius 2 is 1.82 bits per heavy atom. The minimum absolute atomic E-state index is 0.000432. The summed E-state index contributed by atoms with van der Waals surface area (Å²) in [6, 6.07) is 4.59. The lowest BCUT2D eigenvalue weighted by atomic mass is 10.2. The molecular formula is C19H30N4O4S. The van der Waals surface area contributed by atoms with E-state index in [1.807, 2.05) is 25.7 Å². The zero-order valence-electron chi connectivity index (χ0n) is 17.0. The summed E-state index contributed by atoms with van der Waals surface area (Å²) in [5.74, 6) is 0.000432. The molecule has 2 rings (SSSR count). The van der Waals surface area contributed by atoms with Crippen LogP contribution >= 0.6 is 0 Å². The number of amides is 3. The van der Waals surface area contributed by atoms with E-state index in [4.69, 9.17) is 0 Å². The van der Waals surface area contributed by atoms with Crippen LogP contribution < -0.4 is 10.6 Å². The van der Waals surface area contributed by atoms with E-state index in [0.717, 1.165) is 18.2 Å². The van der Waals surface area contributed by atoms with Crippen LogP contribution in [0.25, 0.3) is 0 Å². The highest BCUT2D eigenvalue weighted by Crippen LogP contribution is 2.21. The summed E-state index contributed by atoms with van der Waals surface area (Å²) in [6.45, 7) is 8.38. The maximum atomic E-state index is 12.6. The summed E-state index contributed by atoms with van der Waals surface area (Å²) in [6.07, 6.45) is 2.03. The standard InChI is InChI=1S/C19H30N4O4S/c1-5-15(3)20-18(24)13-22-8-10-23(11-9-22)19(25)21-17-12-16(28(4,26)27)7-6-14(17)2/h6-7,12,15H,5,8-11,13H2,1-4H3,(H,20,24)(H,21,25). The fourth-order valence-corrected chi connectivity index (χ4v) is 3.54. The third-order valence-electron chi connectivity index (χ3n) is 4.93. The number of carbonyl (C=O) groups excluding carboxylic acids is 2. The van der Waals surface area contributed by atoms with Crippen LogP contribution in [0.1, 0.15) is 25.8 Å². The minimum Gasteiger partial charge on any atom is -0.353 e. The van der Waals surface area contributed by atoms with Gasteiger partial charge in [-0.15, -0.1) is 0 Å². The van der Waals surface area contributed by atoms with Gasteiger partial charge in [0.15, 0.2) is 9.84 Å². The number of aryl methyl sites for hydroxylation is 1. The Morgan fingerprint density at radius 3 is 2.39 bits per heavy atom. The van der Waals surface area contributed by atoms with Gasteiger partial charge in [0.25, 0.3) is 0 Å². The van der Waals surface area contributed by atoms with E-state index in [1.54, 1.807) is 11.0 Å². The number of carbonyl (C=O) groups is 2. The van der Waals surface area contributed by atoms with Crippen LogP contribution in [0.4, 0.5) is 10.5 Å². The van der Waals surface area contributed by atoms with Gasteiger partial charge in [0.1, 0.15) is 0 Å². The molecule has 0 spiro atoms. The number of nitrogens with one attached hydrogen (secondary N) is 2. The van der Waals surface area contributed by atoms with Gasteiger partial charge < -0.3 is 15.5 Å². The maximum absolute atomic E-state index is 12.6. The number of hydrogen-bond acceptors (Lipinski definition) is 5. The van der Waals surface area contributed by atoms with E-state index in [9.17, 15) is 18.0 Å². The van der Waals surface area contributed by atoms with Gasteiger partial charge in [-0.25, -0.2) is 13.2 Å². The average molecular weight is 411 g/mol. The van der Waals surface area contributed by atoms with Gasteiger partial charge in [0.2, 0.25) is 5.91 Å². The van der Waals surface area contributed by atoms with Gasteiger partial charge in [-0.2, -0.15) is 0 Å². The summed E-state index contributed by atoms with van der Waals surface area (Å²) in [7, 11) is -3.34. The molecular weight excluding hydrogens is 380 g/mol. The predicted molar refractivity (Wildman–Crippen MR) is 109 cm³/mol. The van der Waals surface area contributed by atoms with Crippen molar-refractivity contribution in [2.24, 2.45) is 0 Å². The molecule has 9 heteroatoms. The number of urea groups is 1. The molecule has 1 fully saturated rings. The van der Waals surface area contributed by atoms with Gasteiger partial charge in [-0.1, -0.05) is 13.0 Å². The van der Waals surface area contributed by atoms with Crippen LogP contribution in [0.5, 0.6) is 0 Å². The molecule has 28 heavy (non-hydrogen) atoms. The van der Waals surface area contributed by atoms with Gasteiger partial charge in [-0.3, -0.25) is 9.69 Å².